The largest absolute Gasteiger partial charge is 0.481 e. The van der Waals surface area contributed by atoms with Crippen LogP contribution in [0.15, 0.2) is 34.9 Å². The van der Waals surface area contributed by atoms with Crippen LogP contribution in [0.1, 0.15) is 12.0 Å². The van der Waals surface area contributed by atoms with E-state index in [2.05, 4.69) is 20.9 Å². The number of benzene rings is 1. The fourth-order valence-electron chi connectivity index (χ4n) is 1.98. The highest BCUT2D eigenvalue weighted by molar-refractivity contribution is 9.10. The number of hydrogen-bond acceptors (Lipinski definition) is 3. The van der Waals surface area contributed by atoms with Crippen LogP contribution < -0.4 is 0 Å². The van der Waals surface area contributed by atoms with Crippen molar-refractivity contribution >= 4 is 32.8 Å². The normalized spacial score (nSPS) is 11.1. The number of carbonyl (C=O) groups is 1. The van der Waals surface area contributed by atoms with Gasteiger partial charge in [-0.1, -0.05) is 28.1 Å². The lowest BCUT2D eigenvalue weighted by Crippen LogP contribution is -2.21. The van der Waals surface area contributed by atoms with Gasteiger partial charge in [0.2, 0.25) is 0 Å². The number of rotatable bonds is 5. The summed E-state index contributed by atoms with van der Waals surface area (Å²) in [4.78, 5) is 17.0. The topological polar surface area (TPSA) is 53.4 Å². The predicted molar refractivity (Wildman–Crippen MR) is 78.0 cm³/mol. The van der Waals surface area contributed by atoms with E-state index in [1.165, 1.54) is 0 Å². The van der Waals surface area contributed by atoms with Crippen molar-refractivity contribution in [1.29, 1.82) is 0 Å². The van der Waals surface area contributed by atoms with Gasteiger partial charge in [-0.25, -0.2) is 0 Å². The lowest BCUT2D eigenvalue weighted by atomic mass is 10.1. The minimum atomic E-state index is -0.773. The molecular weight excluding hydrogens is 308 g/mol. The summed E-state index contributed by atoms with van der Waals surface area (Å²) < 4.78 is 1.02. The maximum absolute atomic E-state index is 10.6. The molecule has 4 nitrogen and oxygen atoms in total. The van der Waals surface area contributed by atoms with E-state index in [9.17, 15) is 4.79 Å². The van der Waals surface area contributed by atoms with E-state index in [4.69, 9.17) is 5.11 Å². The van der Waals surface area contributed by atoms with Crippen molar-refractivity contribution in [3.8, 4) is 0 Å². The lowest BCUT2D eigenvalue weighted by molar-refractivity contribution is -0.137. The summed E-state index contributed by atoms with van der Waals surface area (Å²) in [5, 5.41) is 9.77. The predicted octanol–water partition coefficient (Wildman–Crippen LogP) is 2.90. The Morgan fingerprint density at radius 3 is 2.95 bits per heavy atom. The third-order valence-electron chi connectivity index (χ3n) is 2.95. The van der Waals surface area contributed by atoms with E-state index in [0.717, 1.165) is 20.9 Å². The van der Waals surface area contributed by atoms with Gasteiger partial charge in [0.05, 0.1) is 11.9 Å². The zero-order chi connectivity index (χ0) is 13.8. The molecular formula is C14H15BrN2O2. The summed E-state index contributed by atoms with van der Waals surface area (Å²) in [6, 6.07) is 7.96. The number of fused-ring (bicyclic) bond motifs is 1. The number of carboxylic acids is 1. The Kier molecular flexibility index (Phi) is 4.50. The van der Waals surface area contributed by atoms with Crippen molar-refractivity contribution in [2.75, 3.05) is 13.6 Å². The van der Waals surface area contributed by atoms with E-state index in [0.29, 0.717) is 13.1 Å². The average molecular weight is 323 g/mol. The van der Waals surface area contributed by atoms with Crippen LogP contribution in [0, 0.1) is 0 Å². The minimum absolute atomic E-state index is 0.151. The van der Waals surface area contributed by atoms with Gasteiger partial charge < -0.3 is 10.0 Å². The van der Waals surface area contributed by atoms with Crippen LogP contribution in [0.2, 0.25) is 0 Å². The SMILES string of the molecule is CN(CCC(=O)O)Cc1ccc(Br)c2cccnc12. The maximum atomic E-state index is 10.6. The first-order chi connectivity index (χ1) is 9.08. The van der Waals surface area contributed by atoms with Crippen LogP contribution in [-0.4, -0.2) is 34.6 Å². The Hall–Kier alpha value is -1.46. The fourth-order valence-corrected chi connectivity index (χ4v) is 2.43. The molecule has 1 aromatic carbocycles. The second kappa shape index (κ2) is 6.12. The molecule has 1 N–H and O–H groups in total. The zero-order valence-electron chi connectivity index (χ0n) is 10.6. The van der Waals surface area contributed by atoms with E-state index in [1.807, 2.05) is 36.2 Å². The van der Waals surface area contributed by atoms with Crippen molar-refractivity contribution < 1.29 is 9.90 Å². The van der Waals surface area contributed by atoms with Gasteiger partial charge in [0.15, 0.2) is 0 Å². The molecule has 0 amide bonds. The van der Waals surface area contributed by atoms with Crippen LogP contribution in [0.25, 0.3) is 10.9 Å². The molecule has 0 saturated heterocycles. The number of carboxylic acid groups (broad SMARTS) is 1. The first-order valence-electron chi connectivity index (χ1n) is 6.00. The first-order valence-corrected chi connectivity index (χ1v) is 6.79. The summed E-state index contributed by atoms with van der Waals surface area (Å²) in [6.45, 7) is 1.22. The lowest BCUT2D eigenvalue weighted by Gasteiger charge is -2.16. The summed E-state index contributed by atoms with van der Waals surface area (Å²) in [5.41, 5.74) is 2.06. The van der Waals surface area contributed by atoms with Crippen molar-refractivity contribution in [2.24, 2.45) is 0 Å². The van der Waals surface area contributed by atoms with Gasteiger partial charge in [-0.3, -0.25) is 9.78 Å². The Morgan fingerprint density at radius 2 is 2.21 bits per heavy atom. The van der Waals surface area contributed by atoms with E-state index >= 15 is 0 Å². The van der Waals surface area contributed by atoms with Gasteiger partial charge >= 0.3 is 5.97 Å². The quantitative estimate of drug-likeness (QED) is 0.919. The Bertz CT molecular complexity index is 601. The standard InChI is InChI=1S/C14H15BrN2O2/c1-17(8-6-13(18)19)9-10-4-5-12(15)11-3-2-7-16-14(10)11/h2-5,7H,6,8-9H2,1H3,(H,18,19). The summed E-state index contributed by atoms with van der Waals surface area (Å²) in [5.74, 6) is -0.773. The monoisotopic (exact) mass is 322 g/mol. The van der Waals surface area contributed by atoms with E-state index in [-0.39, 0.29) is 6.42 Å². The number of aromatic nitrogens is 1. The number of aliphatic carboxylic acids is 1. The third kappa shape index (κ3) is 3.52. The Morgan fingerprint density at radius 1 is 1.42 bits per heavy atom. The molecule has 0 fully saturated rings. The van der Waals surface area contributed by atoms with E-state index in [1.54, 1.807) is 6.20 Å². The third-order valence-corrected chi connectivity index (χ3v) is 3.64. The van der Waals surface area contributed by atoms with Crippen LogP contribution >= 0.6 is 15.9 Å². The molecule has 0 atom stereocenters. The molecule has 19 heavy (non-hydrogen) atoms. The van der Waals surface area contributed by atoms with Gasteiger partial charge in [-0.15, -0.1) is 0 Å². The smallest absolute Gasteiger partial charge is 0.304 e. The van der Waals surface area contributed by atoms with Crippen LogP contribution in [0.5, 0.6) is 0 Å². The average Bonchev–Trinajstić information content (AvgIpc) is 2.40. The zero-order valence-corrected chi connectivity index (χ0v) is 12.2. The second-order valence-corrected chi connectivity index (χ2v) is 5.34. The van der Waals surface area contributed by atoms with Gasteiger partial charge in [0.25, 0.3) is 0 Å². The van der Waals surface area contributed by atoms with Gasteiger partial charge in [0, 0.05) is 29.1 Å². The van der Waals surface area contributed by atoms with E-state index < -0.39 is 5.97 Å². The number of hydrogen-bond donors (Lipinski definition) is 1. The summed E-state index contributed by atoms with van der Waals surface area (Å²) >= 11 is 3.52. The molecule has 1 heterocycles. The maximum Gasteiger partial charge on any atom is 0.304 e. The Balaban J connectivity index is 2.21. The van der Waals surface area contributed by atoms with Gasteiger partial charge in [-0.2, -0.15) is 0 Å². The molecule has 0 saturated carbocycles. The van der Waals surface area contributed by atoms with Crippen molar-refractivity contribution in [3.63, 3.8) is 0 Å². The molecule has 0 radical (unpaired) electrons. The van der Waals surface area contributed by atoms with Gasteiger partial charge in [0.1, 0.15) is 0 Å². The molecule has 0 aliphatic heterocycles. The molecule has 2 rings (SSSR count). The highest BCUT2D eigenvalue weighted by Crippen LogP contribution is 2.25. The number of pyridine rings is 1. The molecule has 0 unspecified atom stereocenters. The fraction of sp³-hybridized carbons (Fsp3) is 0.286. The minimum Gasteiger partial charge on any atom is -0.481 e. The summed E-state index contributed by atoms with van der Waals surface area (Å²) in [7, 11) is 1.92. The molecule has 0 bridgehead atoms. The second-order valence-electron chi connectivity index (χ2n) is 4.49. The molecule has 100 valence electrons. The highest BCUT2D eigenvalue weighted by Gasteiger charge is 2.08. The van der Waals surface area contributed by atoms with Crippen LogP contribution in [0.3, 0.4) is 0 Å². The van der Waals surface area contributed by atoms with Crippen molar-refractivity contribution in [2.45, 2.75) is 13.0 Å². The molecule has 5 heteroatoms. The summed E-state index contributed by atoms with van der Waals surface area (Å²) in [6.07, 6.45) is 1.92. The van der Waals surface area contributed by atoms with Crippen LogP contribution in [0.4, 0.5) is 0 Å². The molecule has 0 aliphatic carbocycles. The van der Waals surface area contributed by atoms with Crippen LogP contribution in [-0.2, 0) is 11.3 Å². The first kappa shape index (κ1) is 14.0. The highest BCUT2D eigenvalue weighted by atomic mass is 79.9. The number of halogens is 1. The Labute approximate surface area is 120 Å². The van der Waals surface area contributed by atoms with Crippen molar-refractivity contribution in [3.05, 3.63) is 40.5 Å². The molecule has 0 spiro atoms. The molecule has 0 aliphatic rings. The molecule has 2 aromatic rings. The van der Waals surface area contributed by atoms with Gasteiger partial charge in [-0.05, 0) is 24.7 Å². The molecule has 1 aromatic heterocycles. The number of nitrogens with zero attached hydrogens (tertiary/aromatic N) is 2. The van der Waals surface area contributed by atoms with Crippen molar-refractivity contribution in [1.82, 2.24) is 9.88 Å².